The quantitative estimate of drug-likeness (QED) is 0.219. The molecule has 0 radical (unpaired) electrons. The summed E-state index contributed by atoms with van der Waals surface area (Å²) in [7, 11) is 0. The summed E-state index contributed by atoms with van der Waals surface area (Å²) >= 11 is 0. The van der Waals surface area contributed by atoms with Crippen molar-refractivity contribution < 1.29 is 0 Å². The van der Waals surface area contributed by atoms with Crippen molar-refractivity contribution in [3.63, 3.8) is 0 Å². The third-order valence-corrected chi connectivity index (χ3v) is 7.82. The smallest absolute Gasteiger partial charge is 0.0974 e. The fraction of sp³-hybridized carbons (Fsp3) is 0.0526. The highest BCUT2D eigenvalue weighted by Gasteiger charge is 2.11. The second kappa shape index (κ2) is 9.91. The largest absolute Gasteiger partial charge is 0.254 e. The molecule has 0 bridgehead atoms. The summed E-state index contributed by atoms with van der Waals surface area (Å²) < 4.78 is 0. The number of fused-ring (bicyclic) bond motifs is 3. The van der Waals surface area contributed by atoms with Gasteiger partial charge in [-0.1, -0.05) is 109 Å². The van der Waals surface area contributed by atoms with Gasteiger partial charge in [0.15, 0.2) is 0 Å². The zero-order chi connectivity index (χ0) is 27.1. The van der Waals surface area contributed by atoms with Crippen LogP contribution in [0.2, 0.25) is 0 Å². The average molecular weight is 513 g/mol. The third-order valence-electron chi connectivity index (χ3n) is 7.82. The first-order valence-corrected chi connectivity index (χ1v) is 13.7. The second-order valence-electron chi connectivity index (χ2n) is 10.4. The van der Waals surface area contributed by atoms with Crippen molar-refractivity contribution in [3.8, 4) is 44.6 Å². The summed E-state index contributed by atoms with van der Waals surface area (Å²) in [5.41, 5.74) is 13.7. The first-order chi connectivity index (χ1) is 19.6. The molecule has 0 aliphatic rings. The van der Waals surface area contributed by atoms with Gasteiger partial charge in [0, 0.05) is 22.5 Å². The zero-order valence-electron chi connectivity index (χ0n) is 22.6. The Morgan fingerprint density at radius 2 is 0.925 bits per heavy atom. The molecule has 2 heterocycles. The van der Waals surface area contributed by atoms with Gasteiger partial charge in [-0.3, -0.25) is 4.98 Å². The van der Waals surface area contributed by atoms with Gasteiger partial charge < -0.3 is 0 Å². The molecule has 2 nitrogen and oxygen atoms in total. The van der Waals surface area contributed by atoms with Gasteiger partial charge in [0.25, 0.3) is 0 Å². The van der Waals surface area contributed by atoms with Crippen molar-refractivity contribution in [2.45, 2.75) is 13.8 Å². The van der Waals surface area contributed by atoms with Crippen molar-refractivity contribution in [1.29, 1.82) is 0 Å². The Bertz CT molecular complexity index is 1990. The number of aryl methyl sites for hydroxylation is 2. The third kappa shape index (κ3) is 4.34. The van der Waals surface area contributed by atoms with Crippen molar-refractivity contribution in [1.82, 2.24) is 9.97 Å². The molecule has 2 aromatic heterocycles. The fourth-order valence-corrected chi connectivity index (χ4v) is 5.56. The van der Waals surface area contributed by atoms with E-state index in [1.165, 1.54) is 44.5 Å². The van der Waals surface area contributed by atoms with Crippen LogP contribution in [0.25, 0.3) is 66.4 Å². The molecule has 5 aromatic carbocycles. The monoisotopic (exact) mass is 512 g/mol. The van der Waals surface area contributed by atoms with Crippen LogP contribution in [0.1, 0.15) is 11.1 Å². The average Bonchev–Trinajstić information content (AvgIpc) is 3.02. The molecule has 0 N–H and O–H groups in total. The highest BCUT2D eigenvalue weighted by molar-refractivity contribution is 6.05. The lowest BCUT2D eigenvalue weighted by atomic mass is 9.96. The maximum absolute atomic E-state index is 5.13. The van der Waals surface area contributed by atoms with Crippen LogP contribution < -0.4 is 0 Å². The van der Waals surface area contributed by atoms with Crippen molar-refractivity contribution in [3.05, 3.63) is 145 Å². The van der Waals surface area contributed by atoms with E-state index in [2.05, 4.69) is 141 Å². The van der Waals surface area contributed by atoms with Gasteiger partial charge in [0.1, 0.15) is 0 Å². The number of nitrogens with zero attached hydrogens (tertiary/aromatic N) is 2. The Labute approximate surface area is 234 Å². The van der Waals surface area contributed by atoms with Crippen LogP contribution in [0.4, 0.5) is 0 Å². The lowest BCUT2D eigenvalue weighted by molar-refractivity contribution is 1.33. The number of benzene rings is 5. The number of rotatable bonds is 4. The summed E-state index contributed by atoms with van der Waals surface area (Å²) in [4.78, 5) is 9.83. The summed E-state index contributed by atoms with van der Waals surface area (Å²) in [6.07, 6.45) is 1.88. The maximum atomic E-state index is 5.13. The van der Waals surface area contributed by atoms with Crippen LogP contribution >= 0.6 is 0 Å². The molecule has 7 rings (SSSR count). The predicted molar refractivity (Wildman–Crippen MR) is 168 cm³/mol. The molecule has 2 heteroatoms. The molecule has 0 amide bonds. The zero-order valence-corrected chi connectivity index (χ0v) is 22.6. The van der Waals surface area contributed by atoms with Gasteiger partial charge in [-0.25, -0.2) is 4.98 Å². The van der Waals surface area contributed by atoms with Crippen molar-refractivity contribution >= 4 is 21.8 Å². The van der Waals surface area contributed by atoms with Crippen LogP contribution in [-0.4, -0.2) is 9.97 Å². The lowest BCUT2D eigenvalue weighted by Gasteiger charge is -2.11. The molecule has 0 saturated heterocycles. The molecule has 0 unspecified atom stereocenters. The molecule has 0 spiro atoms. The molecule has 190 valence electrons. The summed E-state index contributed by atoms with van der Waals surface area (Å²) in [6, 6.07) is 45.4. The summed E-state index contributed by atoms with van der Waals surface area (Å²) in [5.74, 6) is 0. The highest BCUT2D eigenvalue weighted by Crippen LogP contribution is 2.32. The van der Waals surface area contributed by atoms with E-state index in [9.17, 15) is 0 Å². The molecule has 0 aliphatic heterocycles. The summed E-state index contributed by atoms with van der Waals surface area (Å²) in [6.45, 7) is 4.28. The fourth-order valence-electron chi connectivity index (χ4n) is 5.56. The van der Waals surface area contributed by atoms with Gasteiger partial charge >= 0.3 is 0 Å². The molecule has 7 aromatic rings. The highest BCUT2D eigenvalue weighted by atomic mass is 14.8. The van der Waals surface area contributed by atoms with E-state index < -0.39 is 0 Å². The van der Waals surface area contributed by atoms with Gasteiger partial charge in [0.2, 0.25) is 0 Å². The number of pyridine rings is 2. The van der Waals surface area contributed by atoms with Crippen LogP contribution in [-0.2, 0) is 0 Å². The van der Waals surface area contributed by atoms with E-state index in [1.54, 1.807) is 0 Å². The first-order valence-electron chi connectivity index (χ1n) is 13.7. The molecule has 40 heavy (non-hydrogen) atoms. The summed E-state index contributed by atoms with van der Waals surface area (Å²) in [5, 5.41) is 2.31. The van der Waals surface area contributed by atoms with E-state index in [-0.39, 0.29) is 0 Å². The first kappa shape index (κ1) is 24.0. The predicted octanol–water partition coefficient (Wildman–Crippen LogP) is 10.1. The minimum absolute atomic E-state index is 0.962. The Morgan fingerprint density at radius 3 is 1.57 bits per heavy atom. The van der Waals surface area contributed by atoms with E-state index in [0.717, 1.165) is 33.1 Å². The molecule has 0 atom stereocenters. The van der Waals surface area contributed by atoms with Crippen LogP contribution in [0, 0.1) is 13.8 Å². The van der Waals surface area contributed by atoms with Crippen LogP contribution in [0.5, 0.6) is 0 Å². The SMILES string of the molecule is Cc1ccnc2c1ccc1c(C)cc(-c3cccc(-c4ccc(-c5ccc(-c6ccccc6)cc5)cc4)c3)nc12. The van der Waals surface area contributed by atoms with E-state index >= 15 is 0 Å². The van der Waals surface area contributed by atoms with E-state index in [1.807, 2.05) is 6.20 Å². The normalized spacial score (nSPS) is 11.2. The van der Waals surface area contributed by atoms with E-state index in [4.69, 9.17) is 9.97 Å². The van der Waals surface area contributed by atoms with E-state index in [0.29, 0.717) is 0 Å². The maximum Gasteiger partial charge on any atom is 0.0974 e. The van der Waals surface area contributed by atoms with Gasteiger partial charge in [0.05, 0.1) is 16.7 Å². The number of hydrogen-bond acceptors (Lipinski definition) is 2. The number of aromatic nitrogens is 2. The molecule has 0 fully saturated rings. The van der Waals surface area contributed by atoms with Crippen LogP contribution in [0.15, 0.2) is 134 Å². The molecule has 0 saturated carbocycles. The Hall–Kier alpha value is -5.08. The molecule has 0 aliphatic carbocycles. The second-order valence-corrected chi connectivity index (χ2v) is 10.4. The number of hydrogen-bond donors (Lipinski definition) is 0. The molecular weight excluding hydrogens is 484 g/mol. The van der Waals surface area contributed by atoms with Gasteiger partial charge in [-0.2, -0.15) is 0 Å². The standard InChI is InChI=1S/C38H28N2/c1-25-21-22-39-37-34(25)19-20-35-26(2)23-36(40-38(35)37)33-10-6-9-32(24-33)31-17-15-30(16-18-31)29-13-11-28(12-14-29)27-7-4-3-5-8-27/h3-24H,1-2H3. The Kier molecular flexibility index (Phi) is 5.94. The Morgan fingerprint density at radius 1 is 0.400 bits per heavy atom. The van der Waals surface area contributed by atoms with Crippen molar-refractivity contribution in [2.75, 3.05) is 0 Å². The van der Waals surface area contributed by atoms with Crippen LogP contribution in [0.3, 0.4) is 0 Å². The Balaban J connectivity index is 1.21. The lowest BCUT2D eigenvalue weighted by Crippen LogP contribution is -1.93. The topological polar surface area (TPSA) is 25.8 Å². The van der Waals surface area contributed by atoms with Gasteiger partial charge in [-0.05, 0) is 76.6 Å². The van der Waals surface area contributed by atoms with Crippen molar-refractivity contribution in [2.24, 2.45) is 0 Å². The minimum Gasteiger partial charge on any atom is -0.254 e. The van der Waals surface area contributed by atoms with Gasteiger partial charge in [-0.15, -0.1) is 0 Å². The minimum atomic E-state index is 0.962. The molecular formula is C38H28N2.